The minimum Gasteiger partial charge on any atom is -0.483 e. The van der Waals surface area contributed by atoms with Crippen molar-refractivity contribution in [3.05, 3.63) is 29.8 Å². The quantitative estimate of drug-likeness (QED) is 0.663. The van der Waals surface area contributed by atoms with Crippen molar-refractivity contribution < 1.29 is 23.0 Å². The second-order valence-corrected chi connectivity index (χ2v) is 3.92. The van der Waals surface area contributed by atoms with Crippen LogP contribution in [0, 0.1) is 0 Å². The predicted octanol–water partition coefficient (Wildman–Crippen LogP) is 0.922. The Morgan fingerprint density at radius 1 is 1.35 bits per heavy atom. The lowest BCUT2D eigenvalue weighted by atomic mass is 10.2. The van der Waals surface area contributed by atoms with Gasteiger partial charge in [0.2, 0.25) is 0 Å². The third kappa shape index (κ3) is 6.44. The van der Waals surface area contributed by atoms with E-state index in [2.05, 4.69) is 10.1 Å². The lowest BCUT2D eigenvalue weighted by Gasteiger charge is -2.10. The molecule has 0 spiro atoms. The molecule has 1 rings (SSSR count). The van der Waals surface area contributed by atoms with Gasteiger partial charge in [0.15, 0.2) is 6.61 Å². The molecule has 112 valence electrons. The third-order valence-corrected chi connectivity index (χ3v) is 2.36. The maximum atomic E-state index is 11.8. The first kappa shape index (κ1) is 16.3. The van der Waals surface area contributed by atoms with Gasteiger partial charge in [-0.25, -0.2) is 8.78 Å². The van der Waals surface area contributed by atoms with Crippen LogP contribution in [0.25, 0.3) is 0 Å². The Labute approximate surface area is 116 Å². The summed E-state index contributed by atoms with van der Waals surface area (Å²) in [5, 5.41) is 2.50. The summed E-state index contributed by atoms with van der Waals surface area (Å²) in [5.74, 6) is 0.205. The van der Waals surface area contributed by atoms with Gasteiger partial charge < -0.3 is 20.5 Å². The molecule has 7 heteroatoms. The van der Waals surface area contributed by atoms with E-state index in [-0.39, 0.29) is 25.7 Å². The molecule has 0 bridgehead atoms. The number of hydrogen-bond donors (Lipinski definition) is 2. The molecule has 5 nitrogen and oxygen atoms in total. The standard InChI is InChI=1S/C13H18F2N2O3/c14-12(15)8-19-6-5-17-13(18)9-20-11-4-2-1-3-10(11)7-16/h1-4,12H,5-9,16H2,(H,17,18). The average Bonchev–Trinajstić information content (AvgIpc) is 2.44. The first-order valence-corrected chi connectivity index (χ1v) is 6.17. The number of rotatable bonds is 9. The molecule has 0 fully saturated rings. The molecule has 0 aliphatic rings. The van der Waals surface area contributed by atoms with Crippen molar-refractivity contribution in [3.63, 3.8) is 0 Å². The molecular formula is C13H18F2N2O3. The number of benzene rings is 1. The molecule has 0 aliphatic heterocycles. The molecule has 0 heterocycles. The van der Waals surface area contributed by atoms with Gasteiger partial charge in [-0.05, 0) is 6.07 Å². The molecule has 0 atom stereocenters. The van der Waals surface area contributed by atoms with E-state index >= 15 is 0 Å². The number of amides is 1. The number of hydrogen-bond acceptors (Lipinski definition) is 4. The SMILES string of the molecule is NCc1ccccc1OCC(=O)NCCOCC(F)F. The first-order valence-electron chi connectivity index (χ1n) is 6.17. The number of ether oxygens (including phenoxy) is 2. The van der Waals surface area contributed by atoms with E-state index in [1.165, 1.54) is 0 Å². The van der Waals surface area contributed by atoms with Crippen molar-refractivity contribution in [3.8, 4) is 5.75 Å². The highest BCUT2D eigenvalue weighted by Gasteiger charge is 2.06. The van der Waals surface area contributed by atoms with Gasteiger partial charge in [0, 0.05) is 18.7 Å². The summed E-state index contributed by atoms with van der Waals surface area (Å²) in [6.45, 7) is -0.274. The van der Waals surface area contributed by atoms with Gasteiger partial charge in [-0.3, -0.25) is 4.79 Å². The number of carbonyl (C=O) groups excluding carboxylic acids is 1. The van der Waals surface area contributed by atoms with Crippen molar-refractivity contribution in [2.24, 2.45) is 5.73 Å². The molecule has 20 heavy (non-hydrogen) atoms. The fourth-order valence-corrected chi connectivity index (χ4v) is 1.44. The average molecular weight is 288 g/mol. The van der Waals surface area contributed by atoms with Crippen LogP contribution in [0.15, 0.2) is 24.3 Å². The zero-order valence-corrected chi connectivity index (χ0v) is 11.0. The topological polar surface area (TPSA) is 73.6 Å². The van der Waals surface area contributed by atoms with E-state index in [0.717, 1.165) is 5.56 Å². The number of carbonyl (C=O) groups is 1. The van der Waals surface area contributed by atoms with E-state index in [0.29, 0.717) is 12.3 Å². The van der Waals surface area contributed by atoms with Crippen LogP contribution in [0.5, 0.6) is 5.75 Å². The van der Waals surface area contributed by atoms with Gasteiger partial charge >= 0.3 is 0 Å². The lowest BCUT2D eigenvalue weighted by molar-refractivity contribution is -0.123. The molecule has 3 N–H and O–H groups in total. The van der Waals surface area contributed by atoms with Crippen LogP contribution in [-0.2, 0) is 16.1 Å². The maximum Gasteiger partial charge on any atom is 0.261 e. The van der Waals surface area contributed by atoms with Crippen molar-refractivity contribution in [1.82, 2.24) is 5.32 Å². The minimum atomic E-state index is -2.50. The molecule has 0 aromatic heterocycles. The van der Waals surface area contributed by atoms with E-state index in [1.807, 2.05) is 12.1 Å². The summed E-state index contributed by atoms with van der Waals surface area (Å²) in [7, 11) is 0. The largest absolute Gasteiger partial charge is 0.483 e. The van der Waals surface area contributed by atoms with Gasteiger partial charge in [0.25, 0.3) is 12.3 Å². The van der Waals surface area contributed by atoms with Gasteiger partial charge in [0.05, 0.1) is 6.61 Å². The van der Waals surface area contributed by atoms with Crippen molar-refractivity contribution in [2.75, 3.05) is 26.4 Å². The molecule has 1 aromatic rings. The second-order valence-electron chi connectivity index (χ2n) is 3.92. The second kappa shape index (κ2) is 9.22. The van der Waals surface area contributed by atoms with Crippen LogP contribution in [0.4, 0.5) is 8.78 Å². The van der Waals surface area contributed by atoms with E-state index in [9.17, 15) is 13.6 Å². The maximum absolute atomic E-state index is 11.8. The summed E-state index contributed by atoms with van der Waals surface area (Å²) in [4.78, 5) is 11.4. The molecule has 0 saturated carbocycles. The molecular weight excluding hydrogens is 270 g/mol. The van der Waals surface area contributed by atoms with Crippen LogP contribution in [0.2, 0.25) is 0 Å². The van der Waals surface area contributed by atoms with E-state index in [1.54, 1.807) is 12.1 Å². The van der Waals surface area contributed by atoms with E-state index < -0.39 is 13.0 Å². The Morgan fingerprint density at radius 2 is 2.10 bits per heavy atom. The highest BCUT2D eigenvalue weighted by Crippen LogP contribution is 2.16. The number of nitrogens with one attached hydrogen (secondary N) is 1. The smallest absolute Gasteiger partial charge is 0.261 e. The Hall–Kier alpha value is -1.73. The summed E-state index contributed by atoms with van der Waals surface area (Å²) in [5.41, 5.74) is 6.34. The number of halogens is 2. The van der Waals surface area contributed by atoms with E-state index in [4.69, 9.17) is 10.5 Å². The monoisotopic (exact) mass is 288 g/mol. The van der Waals surface area contributed by atoms with Crippen molar-refractivity contribution in [1.29, 1.82) is 0 Å². The molecule has 1 aromatic carbocycles. The van der Waals surface area contributed by atoms with Crippen LogP contribution >= 0.6 is 0 Å². The Balaban J connectivity index is 2.19. The Bertz CT molecular complexity index is 416. The van der Waals surface area contributed by atoms with Crippen molar-refractivity contribution >= 4 is 5.91 Å². The highest BCUT2D eigenvalue weighted by atomic mass is 19.3. The molecule has 0 aliphatic carbocycles. The minimum absolute atomic E-state index is 0.0372. The summed E-state index contributed by atoms with van der Waals surface area (Å²) in [6.07, 6.45) is -2.50. The number of nitrogens with two attached hydrogens (primary N) is 1. The van der Waals surface area contributed by atoms with Gasteiger partial charge in [-0.15, -0.1) is 0 Å². The molecule has 0 unspecified atom stereocenters. The Morgan fingerprint density at radius 3 is 2.80 bits per heavy atom. The van der Waals surface area contributed by atoms with Gasteiger partial charge in [-0.1, -0.05) is 18.2 Å². The number of alkyl halides is 2. The molecule has 1 amide bonds. The zero-order chi connectivity index (χ0) is 14.8. The third-order valence-electron chi connectivity index (χ3n) is 2.36. The normalized spacial score (nSPS) is 10.6. The summed E-state index contributed by atoms with van der Waals surface area (Å²) >= 11 is 0. The van der Waals surface area contributed by atoms with Crippen LogP contribution in [0.3, 0.4) is 0 Å². The fraction of sp³-hybridized carbons (Fsp3) is 0.462. The van der Waals surface area contributed by atoms with Crippen LogP contribution in [-0.4, -0.2) is 38.7 Å². The highest BCUT2D eigenvalue weighted by molar-refractivity contribution is 5.77. The lowest BCUT2D eigenvalue weighted by Crippen LogP contribution is -2.32. The Kier molecular flexibility index (Phi) is 7.52. The van der Waals surface area contributed by atoms with Crippen molar-refractivity contribution in [2.45, 2.75) is 13.0 Å². The van der Waals surface area contributed by atoms with Crippen LogP contribution < -0.4 is 15.8 Å². The first-order chi connectivity index (χ1) is 9.63. The zero-order valence-electron chi connectivity index (χ0n) is 11.0. The molecule has 0 saturated heterocycles. The van der Waals surface area contributed by atoms with Crippen LogP contribution in [0.1, 0.15) is 5.56 Å². The summed E-state index contributed by atoms with van der Waals surface area (Å²) in [6, 6.07) is 7.15. The summed E-state index contributed by atoms with van der Waals surface area (Å²) < 4.78 is 33.5. The molecule has 0 radical (unpaired) electrons. The number of para-hydroxylation sites is 1. The predicted molar refractivity (Wildman–Crippen MR) is 69.7 cm³/mol. The fourth-order valence-electron chi connectivity index (χ4n) is 1.44. The van der Waals surface area contributed by atoms with Gasteiger partial charge in [0.1, 0.15) is 12.4 Å². The van der Waals surface area contributed by atoms with Gasteiger partial charge in [-0.2, -0.15) is 0 Å².